The van der Waals surface area contributed by atoms with Crippen LogP contribution in [0.5, 0.6) is 0 Å². The second-order valence-electron chi connectivity index (χ2n) is 8.71. The molecule has 0 saturated carbocycles. The smallest absolute Gasteiger partial charge is 0.261 e. The van der Waals surface area contributed by atoms with Crippen molar-refractivity contribution < 1.29 is 14.4 Å². The quantitative estimate of drug-likeness (QED) is 0.626. The number of amides is 3. The van der Waals surface area contributed by atoms with Crippen LogP contribution >= 0.6 is 0 Å². The summed E-state index contributed by atoms with van der Waals surface area (Å²) >= 11 is 0. The predicted molar refractivity (Wildman–Crippen MR) is 120 cm³/mol. The molecular formula is C25H26N4O3. The molecule has 0 spiro atoms. The molecule has 2 aliphatic rings. The minimum Gasteiger partial charge on any atom is -0.343 e. The molecule has 1 saturated heterocycles. The first kappa shape index (κ1) is 20.4. The number of hydrogen-bond donors (Lipinski definition) is 1. The molecule has 1 aromatic heterocycles. The van der Waals surface area contributed by atoms with Gasteiger partial charge in [-0.1, -0.05) is 18.2 Å². The Kier molecular flexibility index (Phi) is 5.25. The van der Waals surface area contributed by atoms with Crippen molar-refractivity contribution in [1.82, 2.24) is 19.8 Å². The summed E-state index contributed by atoms with van der Waals surface area (Å²) < 4.78 is 0. The summed E-state index contributed by atoms with van der Waals surface area (Å²) in [5.74, 6) is 0.883. The Hall–Kier alpha value is -3.48. The van der Waals surface area contributed by atoms with Gasteiger partial charge in [-0.2, -0.15) is 0 Å². The van der Waals surface area contributed by atoms with E-state index >= 15 is 0 Å². The number of aromatic nitrogens is 2. The molecule has 32 heavy (non-hydrogen) atoms. The fraction of sp³-hybridized carbons (Fsp3) is 0.360. The molecule has 2 aromatic carbocycles. The number of aryl methyl sites for hydroxylation is 1. The summed E-state index contributed by atoms with van der Waals surface area (Å²) in [5.41, 5.74) is 4.15. The average molecular weight is 431 g/mol. The number of likely N-dealkylation sites (tertiary alicyclic amines) is 1. The number of hydrogen-bond acceptors (Lipinski definition) is 4. The maximum absolute atomic E-state index is 12.7. The van der Waals surface area contributed by atoms with Crippen LogP contribution in [0.25, 0.3) is 11.0 Å². The fourth-order valence-corrected chi connectivity index (χ4v) is 4.73. The minimum absolute atomic E-state index is 0.0836. The summed E-state index contributed by atoms with van der Waals surface area (Å²) in [6, 6.07) is 13.1. The highest BCUT2D eigenvalue weighted by Crippen LogP contribution is 2.28. The third-order valence-corrected chi connectivity index (χ3v) is 6.54. The van der Waals surface area contributed by atoms with Crippen molar-refractivity contribution >= 4 is 28.8 Å². The van der Waals surface area contributed by atoms with Gasteiger partial charge in [0.05, 0.1) is 22.2 Å². The molecule has 7 nitrogen and oxygen atoms in total. The van der Waals surface area contributed by atoms with Gasteiger partial charge in [0, 0.05) is 32.0 Å². The van der Waals surface area contributed by atoms with Crippen LogP contribution in [0.1, 0.15) is 63.7 Å². The molecule has 0 radical (unpaired) electrons. The van der Waals surface area contributed by atoms with Crippen LogP contribution in [0.3, 0.4) is 0 Å². The van der Waals surface area contributed by atoms with Crippen molar-refractivity contribution in [2.24, 2.45) is 0 Å². The van der Waals surface area contributed by atoms with E-state index in [4.69, 9.17) is 4.98 Å². The molecule has 164 valence electrons. The molecule has 0 aliphatic carbocycles. The van der Waals surface area contributed by atoms with Gasteiger partial charge < -0.3 is 9.88 Å². The fourth-order valence-electron chi connectivity index (χ4n) is 4.73. The first-order chi connectivity index (χ1) is 15.5. The Morgan fingerprint density at radius 2 is 1.75 bits per heavy atom. The van der Waals surface area contributed by atoms with E-state index < -0.39 is 0 Å². The zero-order chi connectivity index (χ0) is 22.2. The van der Waals surface area contributed by atoms with Crippen LogP contribution in [0.15, 0.2) is 42.5 Å². The lowest BCUT2D eigenvalue weighted by Gasteiger charge is -2.31. The highest BCUT2D eigenvalue weighted by molar-refractivity contribution is 6.21. The second-order valence-corrected chi connectivity index (χ2v) is 8.71. The topological polar surface area (TPSA) is 86.4 Å². The van der Waals surface area contributed by atoms with Gasteiger partial charge in [-0.05, 0) is 56.0 Å². The van der Waals surface area contributed by atoms with Crippen LogP contribution in [0.4, 0.5) is 0 Å². The normalized spacial score (nSPS) is 16.8. The van der Waals surface area contributed by atoms with Crippen molar-refractivity contribution in [1.29, 1.82) is 0 Å². The third-order valence-electron chi connectivity index (χ3n) is 6.54. The SMILES string of the molecule is Cc1ccc2nc(C3CCN(C(=O)CCCN4C(=O)c5ccccc5C4=O)CC3)[nH]c2c1. The highest BCUT2D eigenvalue weighted by atomic mass is 16.2. The molecule has 0 unspecified atom stereocenters. The largest absolute Gasteiger partial charge is 0.343 e. The Labute approximate surface area is 186 Å². The molecule has 1 fully saturated rings. The van der Waals surface area contributed by atoms with Crippen molar-refractivity contribution in [3.05, 3.63) is 65.0 Å². The Morgan fingerprint density at radius 3 is 2.44 bits per heavy atom. The van der Waals surface area contributed by atoms with Crippen LogP contribution < -0.4 is 0 Å². The molecule has 7 heteroatoms. The summed E-state index contributed by atoms with van der Waals surface area (Å²) in [6.45, 7) is 3.74. The maximum atomic E-state index is 12.7. The molecule has 0 atom stereocenters. The lowest BCUT2D eigenvalue weighted by molar-refractivity contribution is -0.132. The number of H-pyrrole nitrogens is 1. The molecule has 0 bridgehead atoms. The van der Waals surface area contributed by atoms with Gasteiger partial charge in [0.15, 0.2) is 0 Å². The van der Waals surface area contributed by atoms with Crippen molar-refractivity contribution in [2.75, 3.05) is 19.6 Å². The van der Waals surface area contributed by atoms with Crippen molar-refractivity contribution in [2.45, 2.75) is 38.5 Å². The maximum Gasteiger partial charge on any atom is 0.261 e. The Morgan fingerprint density at radius 1 is 1.06 bits per heavy atom. The van der Waals surface area contributed by atoms with Crippen molar-refractivity contribution in [3.63, 3.8) is 0 Å². The Bertz CT molecular complexity index is 1170. The lowest BCUT2D eigenvalue weighted by atomic mass is 9.96. The zero-order valence-corrected chi connectivity index (χ0v) is 18.1. The summed E-state index contributed by atoms with van der Waals surface area (Å²) in [4.78, 5) is 48.9. The number of rotatable bonds is 5. The van der Waals surface area contributed by atoms with E-state index in [1.165, 1.54) is 10.5 Å². The van der Waals surface area contributed by atoms with Crippen molar-refractivity contribution in [3.8, 4) is 0 Å². The Balaban J connectivity index is 1.12. The van der Waals surface area contributed by atoms with E-state index in [-0.39, 0.29) is 24.3 Å². The summed E-state index contributed by atoms with van der Waals surface area (Å²) in [6.07, 6.45) is 2.57. The van der Waals surface area contributed by atoms with Crippen LogP contribution in [0, 0.1) is 6.92 Å². The molecule has 2 aliphatic heterocycles. The third kappa shape index (κ3) is 3.68. The van der Waals surface area contributed by atoms with Gasteiger partial charge >= 0.3 is 0 Å². The van der Waals surface area contributed by atoms with Gasteiger partial charge in [-0.25, -0.2) is 4.98 Å². The number of piperidine rings is 1. The highest BCUT2D eigenvalue weighted by Gasteiger charge is 2.34. The van der Waals surface area contributed by atoms with Crippen LogP contribution in [0.2, 0.25) is 0 Å². The number of fused-ring (bicyclic) bond motifs is 2. The summed E-state index contributed by atoms with van der Waals surface area (Å²) in [7, 11) is 0. The lowest BCUT2D eigenvalue weighted by Crippen LogP contribution is -2.38. The molecule has 5 rings (SSSR count). The van der Waals surface area contributed by atoms with E-state index in [1.807, 2.05) is 11.0 Å². The minimum atomic E-state index is -0.264. The number of imide groups is 1. The standard InChI is InChI=1S/C25H26N4O3/c1-16-8-9-20-21(15-16)27-23(26-20)17-10-13-28(14-11-17)22(30)7-4-12-29-24(31)18-5-2-3-6-19(18)25(29)32/h2-3,5-6,8-9,15,17H,4,7,10-14H2,1H3,(H,26,27). The van der Waals surface area contributed by atoms with E-state index in [9.17, 15) is 14.4 Å². The monoisotopic (exact) mass is 430 g/mol. The number of carbonyl (C=O) groups is 3. The molecule has 3 heterocycles. The van der Waals surface area contributed by atoms with Gasteiger partial charge in [0.1, 0.15) is 5.82 Å². The van der Waals surface area contributed by atoms with E-state index in [0.717, 1.165) is 29.7 Å². The number of imidazole rings is 1. The summed E-state index contributed by atoms with van der Waals surface area (Å²) in [5, 5.41) is 0. The van der Waals surface area contributed by atoms with E-state index in [1.54, 1.807) is 24.3 Å². The molecule has 3 aromatic rings. The van der Waals surface area contributed by atoms with Crippen LogP contribution in [-0.4, -0.2) is 57.1 Å². The van der Waals surface area contributed by atoms with Gasteiger partial charge in [-0.3, -0.25) is 19.3 Å². The molecule has 1 N–H and O–H groups in total. The number of benzene rings is 2. The number of nitrogens with zero attached hydrogens (tertiary/aromatic N) is 3. The molecular weight excluding hydrogens is 404 g/mol. The number of aromatic amines is 1. The second kappa shape index (κ2) is 8.22. The van der Waals surface area contributed by atoms with Crippen LogP contribution in [-0.2, 0) is 4.79 Å². The number of nitrogens with one attached hydrogen (secondary N) is 1. The first-order valence-corrected chi connectivity index (χ1v) is 11.2. The predicted octanol–water partition coefficient (Wildman–Crippen LogP) is 3.65. The number of carbonyl (C=O) groups excluding carboxylic acids is 3. The van der Waals surface area contributed by atoms with E-state index in [2.05, 4.69) is 24.0 Å². The van der Waals surface area contributed by atoms with Gasteiger partial charge in [0.25, 0.3) is 11.8 Å². The van der Waals surface area contributed by atoms with E-state index in [0.29, 0.717) is 43.0 Å². The van der Waals surface area contributed by atoms with Gasteiger partial charge in [0.2, 0.25) is 5.91 Å². The zero-order valence-electron chi connectivity index (χ0n) is 18.1. The van der Waals surface area contributed by atoms with Gasteiger partial charge in [-0.15, -0.1) is 0 Å². The first-order valence-electron chi connectivity index (χ1n) is 11.2. The average Bonchev–Trinajstić information content (AvgIpc) is 3.33. The molecule has 3 amide bonds.